The van der Waals surface area contributed by atoms with Gasteiger partial charge in [0.2, 0.25) is 0 Å². The Hall–Kier alpha value is -0.900. The number of anilines is 1. The molecular weight excluding hydrogens is 160 g/mol. The molecule has 1 aliphatic rings. The van der Waals surface area contributed by atoms with Crippen LogP contribution in [-0.4, -0.2) is 4.98 Å². The second kappa shape index (κ2) is 2.30. The number of nitrogens with two attached hydrogens (primary N) is 1. The minimum atomic E-state index is -0.161. The number of pyridine rings is 1. The molecule has 0 amide bonds. The Morgan fingerprint density at radius 2 is 2.36 bits per heavy atom. The van der Waals surface area contributed by atoms with E-state index in [1.807, 2.05) is 0 Å². The van der Waals surface area contributed by atoms with Crippen molar-refractivity contribution >= 4 is 17.4 Å². The van der Waals surface area contributed by atoms with Gasteiger partial charge in [0.25, 0.3) is 5.56 Å². The van der Waals surface area contributed by atoms with E-state index in [0.717, 1.165) is 17.2 Å². The lowest BCUT2D eigenvalue weighted by Crippen LogP contribution is -2.13. The molecule has 0 radical (unpaired) electrons. The van der Waals surface area contributed by atoms with E-state index in [1.54, 1.807) is 17.8 Å². The summed E-state index contributed by atoms with van der Waals surface area (Å²) in [5.74, 6) is 1.88. The molecule has 2 heterocycles. The summed E-state index contributed by atoms with van der Waals surface area (Å²) in [6.07, 6.45) is 0. The van der Waals surface area contributed by atoms with Gasteiger partial charge in [-0.25, -0.2) is 0 Å². The maximum absolute atomic E-state index is 11.0. The zero-order chi connectivity index (χ0) is 7.84. The molecular formula is C7H8N2OS. The highest BCUT2D eigenvalue weighted by molar-refractivity contribution is 7.98. The Balaban J connectivity index is 2.66. The smallest absolute Gasteiger partial charge is 0.271 e. The van der Waals surface area contributed by atoms with Crippen molar-refractivity contribution in [1.82, 2.24) is 4.98 Å². The van der Waals surface area contributed by atoms with Crippen LogP contribution in [0.1, 0.15) is 11.3 Å². The van der Waals surface area contributed by atoms with Crippen molar-refractivity contribution in [3.8, 4) is 0 Å². The molecule has 0 aromatic carbocycles. The SMILES string of the molecule is Nc1cc2c([nH]c1=O)CSC2. The summed E-state index contributed by atoms with van der Waals surface area (Å²) in [4.78, 5) is 13.7. The van der Waals surface area contributed by atoms with E-state index < -0.39 is 0 Å². The van der Waals surface area contributed by atoms with Crippen molar-refractivity contribution in [2.45, 2.75) is 11.5 Å². The fourth-order valence-corrected chi connectivity index (χ4v) is 2.19. The van der Waals surface area contributed by atoms with Crippen molar-refractivity contribution in [3.05, 3.63) is 27.7 Å². The quantitative estimate of drug-likeness (QED) is 0.599. The molecule has 0 atom stereocenters. The van der Waals surface area contributed by atoms with Crippen LogP contribution in [0.4, 0.5) is 5.69 Å². The largest absolute Gasteiger partial charge is 0.394 e. The van der Waals surface area contributed by atoms with Crippen molar-refractivity contribution in [3.63, 3.8) is 0 Å². The maximum Gasteiger partial charge on any atom is 0.271 e. The van der Waals surface area contributed by atoms with Gasteiger partial charge in [0.15, 0.2) is 0 Å². The fraction of sp³-hybridized carbons (Fsp3) is 0.286. The summed E-state index contributed by atoms with van der Waals surface area (Å²) >= 11 is 1.79. The van der Waals surface area contributed by atoms with E-state index in [9.17, 15) is 4.79 Å². The Kier molecular flexibility index (Phi) is 1.42. The van der Waals surface area contributed by atoms with Gasteiger partial charge in [0, 0.05) is 17.2 Å². The van der Waals surface area contributed by atoms with Crippen LogP contribution in [0.3, 0.4) is 0 Å². The monoisotopic (exact) mass is 168 g/mol. The average molecular weight is 168 g/mol. The normalized spacial score (nSPS) is 14.9. The fourth-order valence-electron chi connectivity index (χ4n) is 1.15. The van der Waals surface area contributed by atoms with E-state index in [0.29, 0.717) is 5.69 Å². The van der Waals surface area contributed by atoms with Crippen LogP contribution in [0.5, 0.6) is 0 Å². The van der Waals surface area contributed by atoms with Gasteiger partial charge in [-0.2, -0.15) is 11.8 Å². The summed E-state index contributed by atoms with van der Waals surface area (Å²) in [7, 11) is 0. The number of rotatable bonds is 0. The minimum absolute atomic E-state index is 0.161. The second-order valence-corrected chi connectivity index (χ2v) is 3.54. The van der Waals surface area contributed by atoms with Gasteiger partial charge >= 0.3 is 0 Å². The van der Waals surface area contributed by atoms with E-state index in [2.05, 4.69) is 4.98 Å². The first-order valence-electron chi connectivity index (χ1n) is 3.35. The Morgan fingerprint density at radius 3 is 3.18 bits per heavy atom. The van der Waals surface area contributed by atoms with Crippen LogP contribution in [0.15, 0.2) is 10.9 Å². The van der Waals surface area contributed by atoms with Gasteiger partial charge in [-0.05, 0) is 11.6 Å². The molecule has 1 aromatic rings. The van der Waals surface area contributed by atoms with E-state index in [4.69, 9.17) is 5.73 Å². The predicted octanol–water partition coefficient (Wildman–Crippen LogP) is 0.704. The first kappa shape index (κ1) is 6.79. The molecule has 0 saturated carbocycles. The summed E-state index contributed by atoms with van der Waals surface area (Å²) in [6.45, 7) is 0. The lowest BCUT2D eigenvalue weighted by atomic mass is 10.2. The zero-order valence-corrected chi connectivity index (χ0v) is 6.70. The molecule has 0 spiro atoms. The van der Waals surface area contributed by atoms with Crippen molar-refractivity contribution in [2.24, 2.45) is 0 Å². The molecule has 0 fully saturated rings. The lowest BCUT2D eigenvalue weighted by Gasteiger charge is -1.97. The van der Waals surface area contributed by atoms with E-state index in [-0.39, 0.29) is 5.56 Å². The van der Waals surface area contributed by atoms with Gasteiger partial charge in [-0.1, -0.05) is 0 Å². The molecule has 11 heavy (non-hydrogen) atoms. The minimum Gasteiger partial charge on any atom is -0.394 e. The summed E-state index contributed by atoms with van der Waals surface area (Å²) in [5, 5.41) is 0. The third-order valence-electron chi connectivity index (χ3n) is 1.75. The number of nitrogen functional groups attached to an aromatic ring is 1. The van der Waals surface area contributed by atoms with Crippen LogP contribution >= 0.6 is 11.8 Å². The number of nitrogens with one attached hydrogen (secondary N) is 1. The van der Waals surface area contributed by atoms with Crippen LogP contribution in [0.2, 0.25) is 0 Å². The van der Waals surface area contributed by atoms with Gasteiger partial charge in [-0.3, -0.25) is 4.79 Å². The molecule has 4 heteroatoms. The van der Waals surface area contributed by atoms with Crippen LogP contribution in [-0.2, 0) is 11.5 Å². The third kappa shape index (κ3) is 1.03. The Labute approximate surface area is 68.0 Å². The van der Waals surface area contributed by atoms with Gasteiger partial charge in [0.1, 0.15) is 0 Å². The lowest BCUT2D eigenvalue weighted by molar-refractivity contribution is 1.11. The molecule has 3 N–H and O–H groups in total. The molecule has 0 aliphatic carbocycles. The topological polar surface area (TPSA) is 58.9 Å². The number of aromatic nitrogens is 1. The van der Waals surface area contributed by atoms with Crippen molar-refractivity contribution < 1.29 is 0 Å². The number of fused-ring (bicyclic) bond motifs is 1. The highest BCUT2D eigenvalue weighted by atomic mass is 32.2. The van der Waals surface area contributed by atoms with Crippen LogP contribution < -0.4 is 11.3 Å². The van der Waals surface area contributed by atoms with Gasteiger partial charge in [0.05, 0.1) is 5.69 Å². The number of hydrogen-bond donors (Lipinski definition) is 2. The van der Waals surface area contributed by atoms with Gasteiger partial charge in [-0.15, -0.1) is 0 Å². The standard InChI is InChI=1S/C7H8N2OS/c8-5-1-4-2-11-3-6(4)9-7(5)10/h1H,2-3,8H2,(H,9,10). The zero-order valence-electron chi connectivity index (χ0n) is 5.89. The molecule has 1 aromatic heterocycles. The Bertz CT molecular complexity index is 345. The Morgan fingerprint density at radius 1 is 1.55 bits per heavy atom. The number of aromatic amines is 1. The average Bonchev–Trinajstić information content (AvgIpc) is 2.36. The number of H-pyrrole nitrogens is 1. The second-order valence-electron chi connectivity index (χ2n) is 2.55. The third-order valence-corrected chi connectivity index (χ3v) is 2.76. The van der Waals surface area contributed by atoms with Gasteiger partial charge < -0.3 is 10.7 Å². The molecule has 2 rings (SSSR count). The summed E-state index contributed by atoms with van der Waals surface area (Å²) in [5.41, 5.74) is 7.81. The van der Waals surface area contributed by atoms with Crippen molar-refractivity contribution in [1.29, 1.82) is 0 Å². The summed E-state index contributed by atoms with van der Waals surface area (Å²) in [6, 6.07) is 1.77. The molecule has 0 bridgehead atoms. The molecule has 0 saturated heterocycles. The van der Waals surface area contributed by atoms with Crippen molar-refractivity contribution in [2.75, 3.05) is 5.73 Å². The first-order valence-corrected chi connectivity index (χ1v) is 4.51. The number of thioether (sulfide) groups is 1. The molecule has 58 valence electrons. The first-order chi connectivity index (χ1) is 5.27. The highest BCUT2D eigenvalue weighted by Crippen LogP contribution is 2.27. The highest BCUT2D eigenvalue weighted by Gasteiger charge is 2.12. The number of hydrogen-bond acceptors (Lipinski definition) is 3. The van der Waals surface area contributed by atoms with Crippen LogP contribution in [0.25, 0.3) is 0 Å². The molecule has 1 aliphatic heterocycles. The van der Waals surface area contributed by atoms with Crippen LogP contribution in [0, 0.1) is 0 Å². The predicted molar refractivity (Wildman–Crippen MR) is 46.5 cm³/mol. The molecule has 0 unspecified atom stereocenters. The summed E-state index contributed by atoms with van der Waals surface area (Å²) < 4.78 is 0. The van der Waals surface area contributed by atoms with E-state index >= 15 is 0 Å². The van der Waals surface area contributed by atoms with E-state index in [1.165, 1.54) is 5.56 Å². The molecule has 3 nitrogen and oxygen atoms in total. The maximum atomic E-state index is 11.0.